The topological polar surface area (TPSA) is 114 Å². The summed E-state index contributed by atoms with van der Waals surface area (Å²) in [7, 11) is 0. The number of nitrogens with zero attached hydrogens (tertiary/aromatic N) is 5. The van der Waals surface area contributed by atoms with Gasteiger partial charge in [0.2, 0.25) is 0 Å². The van der Waals surface area contributed by atoms with Gasteiger partial charge in [0, 0.05) is 11.5 Å². The first-order valence-electron chi connectivity index (χ1n) is 8.46. The van der Waals surface area contributed by atoms with Crippen molar-refractivity contribution in [1.29, 1.82) is 0 Å². The van der Waals surface area contributed by atoms with Crippen molar-refractivity contribution in [3.05, 3.63) is 29.6 Å². The summed E-state index contributed by atoms with van der Waals surface area (Å²) < 4.78 is 0. The van der Waals surface area contributed by atoms with Gasteiger partial charge in [-0.05, 0) is 38.8 Å². The Labute approximate surface area is 163 Å². The number of pyridine rings is 1. The molecular weight excluding hydrogens is 366 g/mol. The van der Waals surface area contributed by atoms with Crippen LogP contribution in [0.4, 0.5) is 0 Å². The molecule has 0 aliphatic heterocycles. The van der Waals surface area contributed by atoms with Gasteiger partial charge >= 0.3 is 0 Å². The largest absolute Gasteiger partial charge is 0.377 e. The van der Waals surface area contributed by atoms with Crippen LogP contribution in [0, 0.1) is 0 Å². The smallest absolute Gasteiger partial charge is 0.180 e. The SMILES string of the molecule is CCCS/C(N)=N/N=C(\C)c1cccc(/C(C)=N/N=C(\N)SCCC)n1. The van der Waals surface area contributed by atoms with E-state index in [2.05, 4.69) is 39.2 Å². The standard InChI is InChI=1S/C17H27N7S2/c1-5-10-25-16(18)23-21-12(3)14-8-7-9-15(20-14)13(4)22-24-17(19)26-11-6-2/h7-9H,5-6,10-11H2,1-4H3,(H2,18,23)(H2,19,24)/b21-12+,22-13+. The molecule has 1 aromatic rings. The second kappa shape index (κ2) is 12.5. The minimum absolute atomic E-state index is 0.453. The minimum atomic E-state index is 0.453. The Balaban J connectivity index is 2.89. The van der Waals surface area contributed by atoms with Gasteiger partial charge in [0.15, 0.2) is 10.3 Å². The lowest BCUT2D eigenvalue weighted by Gasteiger charge is -2.03. The summed E-state index contributed by atoms with van der Waals surface area (Å²) in [5.41, 5.74) is 14.4. The summed E-state index contributed by atoms with van der Waals surface area (Å²) in [5.74, 6) is 1.85. The highest BCUT2D eigenvalue weighted by atomic mass is 32.2. The molecule has 0 radical (unpaired) electrons. The molecule has 1 aromatic heterocycles. The summed E-state index contributed by atoms with van der Waals surface area (Å²) in [6.45, 7) is 7.87. The molecule has 9 heteroatoms. The van der Waals surface area contributed by atoms with Gasteiger partial charge in [0.1, 0.15) is 0 Å². The zero-order valence-electron chi connectivity index (χ0n) is 15.8. The van der Waals surface area contributed by atoms with Crippen LogP contribution in [0.3, 0.4) is 0 Å². The minimum Gasteiger partial charge on any atom is -0.377 e. The van der Waals surface area contributed by atoms with Crippen molar-refractivity contribution in [1.82, 2.24) is 4.98 Å². The second-order valence-corrected chi connectivity index (χ2v) is 7.58. The average molecular weight is 394 g/mol. The van der Waals surface area contributed by atoms with Crippen molar-refractivity contribution in [2.45, 2.75) is 40.5 Å². The van der Waals surface area contributed by atoms with Crippen LogP contribution < -0.4 is 11.5 Å². The Bertz CT molecular complexity index is 641. The fourth-order valence-electron chi connectivity index (χ4n) is 1.66. The van der Waals surface area contributed by atoms with Crippen LogP contribution >= 0.6 is 23.5 Å². The predicted octanol–water partition coefficient (Wildman–Crippen LogP) is 3.45. The van der Waals surface area contributed by atoms with Crippen LogP contribution in [-0.2, 0) is 0 Å². The fraction of sp³-hybridized carbons (Fsp3) is 0.471. The van der Waals surface area contributed by atoms with E-state index in [-0.39, 0.29) is 0 Å². The van der Waals surface area contributed by atoms with E-state index < -0.39 is 0 Å². The first-order chi connectivity index (χ1) is 12.5. The molecule has 1 rings (SSSR count). The van der Waals surface area contributed by atoms with Crippen LogP contribution in [0.2, 0.25) is 0 Å². The van der Waals surface area contributed by atoms with Gasteiger partial charge in [0.25, 0.3) is 0 Å². The lowest BCUT2D eigenvalue weighted by molar-refractivity contribution is 1.11. The predicted molar refractivity (Wildman–Crippen MR) is 117 cm³/mol. The normalized spacial score (nSPS) is 14.0. The van der Waals surface area contributed by atoms with Crippen LogP contribution in [0.1, 0.15) is 51.9 Å². The molecule has 0 aromatic carbocycles. The van der Waals surface area contributed by atoms with E-state index >= 15 is 0 Å². The van der Waals surface area contributed by atoms with E-state index in [0.29, 0.717) is 33.1 Å². The Morgan fingerprint density at radius 1 is 0.846 bits per heavy atom. The molecule has 0 fully saturated rings. The third-order valence-corrected chi connectivity index (χ3v) is 4.98. The monoisotopic (exact) mass is 393 g/mol. The summed E-state index contributed by atoms with van der Waals surface area (Å²) in [5, 5.41) is 17.3. The Morgan fingerprint density at radius 3 is 1.65 bits per heavy atom. The number of hydrogen-bond acceptors (Lipinski definition) is 7. The van der Waals surface area contributed by atoms with E-state index in [0.717, 1.165) is 24.3 Å². The molecule has 0 aliphatic rings. The van der Waals surface area contributed by atoms with Crippen molar-refractivity contribution in [3.63, 3.8) is 0 Å². The van der Waals surface area contributed by atoms with E-state index in [1.54, 1.807) is 0 Å². The van der Waals surface area contributed by atoms with E-state index in [1.165, 1.54) is 23.5 Å². The molecular formula is C17H27N7S2. The third kappa shape index (κ3) is 8.48. The summed E-state index contributed by atoms with van der Waals surface area (Å²) >= 11 is 2.98. The fourth-order valence-corrected chi connectivity index (χ4v) is 2.68. The molecule has 0 atom stereocenters. The van der Waals surface area contributed by atoms with Gasteiger partial charge in [-0.2, -0.15) is 10.2 Å². The van der Waals surface area contributed by atoms with Crippen molar-refractivity contribution in [2.24, 2.45) is 31.9 Å². The maximum Gasteiger partial charge on any atom is 0.180 e. The molecule has 1 heterocycles. The van der Waals surface area contributed by atoms with Gasteiger partial charge in [0.05, 0.1) is 22.8 Å². The summed E-state index contributed by atoms with van der Waals surface area (Å²) in [6, 6.07) is 5.64. The molecule has 0 saturated heterocycles. The van der Waals surface area contributed by atoms with Gasteiger partial charge < -0.3 is 11.5 Å². The second-order valence-electron chi connectivity index (χ2n) is 5.35. The molecule has 0 saturated carbocycles. The molecule has 0 spiro atoms. The zero-order valence-corrected chi connectivity index (χ0v) is 17.4. The molecule has 0 bridgehead atoms. The van der Waals surface area contributed by atoms with Crippen LogP contribution in [0.25, 0.3) is 0 Å². The number of thioether (sulfide) groups is 2. The van der Waals surface area contributed by atoms with Gasteiger partial charge in [-0.25, -0.2) is 4.98 Å². The highest BCUT2D eigenvalue weighted by Gasteiger charge is 2.04. The number of nitrogens with two attached hydrogens (primary N) is 2. The molecule has 7 nitrogen and oxygen atoms in total. The van der Waals surface area contributed by atoms with Crippen molar-refractivity contribution >= 4 is 45.3 Å². The number of aromatic nitrogens is 1. The highest BCUT2D eigenvalue weighted by molar-refractivity contribution is 8.14. The van der Waals surface area contributed by atoms with Gasteiger partial charge in [-0.1, -0.05) is 43.4 Å². The van der Waals surface area contributed by atoms with Crippen molar-refractivity contribution in [2.75, 3.05) is 11.5 Å². The maximum absolute atomic E-state index is 5.80. The zero-order chi connectivity index (χ0) is 19.4. The van der Waals surface area contributed by atoms with Crippen LogP contribution in [-0.4, -0.2) is 38.2 Å². The van der Waals surface area contributed by atoms with E-state index in [1.807, 2.05) is 32.0 Å². The summed E-state index contributed by atoms with van der Waals surface area (Å²) in [6.07, 6.45) is 2.07. The Morgan fingerprint density at radius 2 is 1.27 bits per heavy atom. The van der Waals surface area contributed by atoms with E-state index in [4.69, 9.17) is 11.5 Å². The molecule has 26 heavy (non-hydrogen) atoms. The molecule has 142 valence electrons. The van der Waals surface area contributed by atoms with Crippen LogP contribution in [0.15, 0.2) is 38.6 Å². The van der Waals surface area contributed by atoms with E-state index in [9.17, 15) is 0 Å². The lowest BCUT2D eigenvalue weighted by atomic mass is 10.2. The Hall–Kier alpha value is -1.87. The average Bonchev–Trinajstić information content (AvgIpc) is 2.66. The highest BCUT2D eigenvalue weighted by Crippen LogP contribution is 2.07. The molecule has 4 N–H and O–H groups in total. The first-order valence-corrected chi connectivity index (χ1v) is 10.4. The van der Waals surface area contributed by atoms with Crippen LogP contribution in [0.5, 0.6) is 0 Å². The van der Waals surface area contributed by atoms with Crippen molar-refractivity contribution in [3.8, 4) is 0 Å². The number of hydrogen-bond donors (Lipinski definition) is 2. The number of rotatable bonds is 8. The molecule has 0 amide bonds. The Kier molecular flexibility index (Phi) is 10.6. The summed E-state index contributed by atoms with van der Waals surface area (Å²) in [4.78, 5) is 4.56. The third-order valence-electron chi connectivity index (χ3n) is 3.00. The first kappa shape index (κ1) is 22.2. The quantitative estimate of drug-likeness (QED) is 0.399. The van der Waals surface area contributed by atoms with Crippen molar-refractivity contribution < 1.29 is 0 Å². The molecule has 0 unspecified atom stereocenters. The van der Waals surface area contributed by atoms with Gasteiger partial charge in [-0.3, -0.25) is 0 Å². The van der Waals surface area contributed by atoms with Gasteiger partial charge in [-0.15, -0.1) is 10.2 Å². The maximum atomic E-state index is 5.80. The number of amidine groups is 2. The molecule has 0 aliphatic carbocycles. The lowest BCUT2D eigenvalue weighted by Crippen LogP contribution is -2.09.